The molecule has 1 aromatic carbocycles. The van der Waals surface area contributed by atoms with Crippen LogP contribution in [0.3, 0.4) is 0 Å². The van der Waals surface area contributed by atoms with Gasteiger partial charge in [0, 0.05) is 26.2 Å². The Morgan fingerprint density at radius 3 is 2.33 bits per heavy atom. The van der Waals surface area contributed by atoms with Crippen molar-refractivity contribution in [2.45, 2.75) is 58.0 Å². The minimum absolute atomic E-state index is 0.115. The summed E-state index contributed by atoms with van der Waals surface area (Å²) in [7, 11) is -1.76. The molecule has 0 aliphatic heterocycles. The molecule has 0 heterocycles. The Morgan fingerprint density at radius 1 is 1.17 bits per heavy atom. The molecule has 5 nitrogen and oxygen atoms in total. The van der Waals surface area contributed by atoms with Gasteiger partial charge in [-0.05, 0) is 37.0 Å². The van der Waals surface area contributed by atoms with Gasteiger partial charge in [0.1, 0.15) is 0 Å². The second kappa shape index (κ2) is 8.61. The van der Waals surface area contributed by atoms with E-state index in [1.54, 1.807) is 27.8 Å². The van der Waals surface area contributed by atoms with E-state index in [9.17, 15) is 8.42 Å². The molecule has 24 heavy (non-hydrogen) atoms. The summed E-state index contributed by atoms with van der Waals surface area (Å²) in [5.41, 5.74) is 1.49. The maximum Gasteiger partial charge on any atom is 0.282 e. The predicted molar refractivity (Wildman–Crippen MR) is 95.4 cm³/mol. The molecule has 0 bridgehead atoms. The molecule has 0 saturated heterocycles. The molecule has 0 amide bonds. The number of hydrogen-bond acceptors (Lipinski definition) is 3. The van der Waals surface area contributed by atoms with Gasteiger partial charge in [0.15, 0.2) is 0 Å². The summed E-state index contributed by atoms with van der Waals surface area (Å²) in [4.78, 5) is 0. The molecule has 0 atom stereocenters. The third kappa shape index (κ3) is 4.56. The van der Waals surface area contributed by atoms with Gasteiger partial charge < -0.3 is 0 Å². The van der Waals surface area contributed by atoms with Crippen LogP contribution in [0.5, 0.6) is 0 Å². The van der Waals surface area contributed by atoms with Gasteiger partial charge in [0.05, 0.1) is 11.6 Å². The van der Waals surface area contributed by atoms with Gasteiger partial charge in [-0.3, -0.25) is 0 Å². The minimum Gasteiger partial charge on any atom is -0.195 e. The van der Waals surface area contributed by atoms with E-state index in [1.807, 2.05) is 19.1 Å². The summed E-state index contributed by atoms with van der Waals surface area (Å²) in [5.74, 6) is 0. The third-order valence-electron chi connectivity index (χ3n) is 4.69. The highest BCUT2D eigenvalue weighted by atomic mass is 32.2. The van der Waals surface area contributed by atoms with Gasteiger partial charge in [0.25, 0.3) is 10.2 Å². The number of hydrogen-bond donors (Lipinski definition) is 0. The van der Waals surface area contributed by atoms with E-state index < -0.39 is 10.2 Å². The van der Waals surface area contributed by atoms with Crippen molar-refractivity contribution < 1.29 is 8.42 Å². The van der Waals surface area contributed by atoms with Crippen molar-refractivity contribution in [3.8, 4) is 6.07 Å². The van der Waals surface area contributed by atoms with Crippen LogP contribution >= 0.6 is 0 Å². The molecule has 1 aromatic rings. The molecule has 1 saturated carbocycles. The maximum absolute atomic E-state index is 13.0. The van der Waals surface area contributed by atoms with Crippen LogP contribution in [-0.2, 0) is 16.8 Å². The molecular weight excluding hydrogens is 322 g/mol. The van der Waals surface area contributed by atoms with Crippen LogP contribution in [0.15, 0.2) is 24.3 Å². The quantitative estimate of drug-likeness (QED) is 0.759. The second-order valence-electron chi connectivity index (χ2n) is 6.46. The lowest BCUT2D eigenvalue weighted by Crippen LogP contribution is -2.47. The highest BCUT2D eigenvalue weighted by Gasteiger charge is 2.32. The van der Waals surface area contributed by atoms with Crippen molar-refractivity contribution >= 4 is 10.2 Å². The van der Waals surface area contributed by atoms with Crippen molar-refractivity contribution in [1.29, 1.82) is 5.26 Å². The first-order chi connectivity index (χ1) is 11.5. The third-order valence-corrected chi connectivity index (χ3v) is 6.68. The lowest BCUT2D eigenvalue weighted by Gasteiger charge is -2.34. The molecule has 6 heteroatoms. The van der Waals surface area contributed by atoms with Crippen molar-refractivity contribution in [2.75, 3.05) is 13.6 Å². The van der Waals surface area contributed by atoms with Crippen LogP contribution in [0, 0.1) is 11.3 Å². The minimum atomic E-state index is -3.48. The highest BCUT2D eigenvalue weighted by Crippen LogP contribution is 2.25. The van der Waals surface area contributed by atoms with E-state index in [2.05, 4.69) is 6.07 Å². The van der Waals surface area contributed by atoms with Crippen molar-refractivity contribution in [3.63, 3.8) is 0 Å². The van der Waals surface area contributed by atoms with Gasteiger partial charge >= 0.3 is 0 Å². The number of nitrogens with zero attached hydrogens (tertiary/aromatic N) is 3. The average molecular weight is 350 g/mol. The summed E-state index contributed by atoms with van der Waals surface area (Å²) >= 11 is 0. The topological polar surface area (TPSA) is 64.4 Å². The van der Waals surface area contributed by atoms with Gasteiger partial charge in [0.2, 0.25) is 0 Å². The van der Waals surface area contributed by atoms with Gasteiger partial charge in [-0.15, -0.1) is 0 Å². The normalized spacial score (nSPS) is 16.5. The first-order valence-corrected chi connectivity index (χ1v) is 10.1. The smallest absolute Gasteiger partial charge is 0.195 e. The molecule has 0 radical (unpaired) electrons. The van der Waals surface area contributed by atoms with Crippen LogP contribution in [0.4, 0.5) is 0 Å². The molecule has 2 rings (SSSR count). The van der Waals surface area contributed by atoms with E-state index in [4.69, 9.17) is 5.26 Å². The van der Waals surface area contributed by atoms with E-state index in [0.29, 0.717) is 18.7 Å². The Hall–Kier alpha value is -1.42. The molecule has 1 aliphatic rings. The van der Waals surface area contributed by atoms with Crippen LogP contribution < -0.4 is 0 Å². The number of rotatable bonds is 7. The van der Waals surface area contributed by atoms with E-state index in [-0.39, 0.29) is 6.04 Å². The predicted octanol–water partition coefficient (Wildman–Crippen LogP) is 3.28. The Kier molecular flexibility index (Phi) is 6.79. The van der Waals surface area contributed by atoms with Crippen molar-refractivity contribution in [1.82, 2.24) is 8.61 Å². The molecule has 0 spiro atoms. The first-order valence-electron chi connectivity index (χ1n) is 8.71. The zero-order chi connectivity index (χ0) is 17.6. The Morgan fingerprint density at radius 2 is 1.79 bits per heavy atom. The Bertz CT molecular complexity index is 658. The fourth-order valence-electron chi connectivity index (χ4n) is 3.23. The fraction of sp³-hybridized carbons (Fsp3) is 0.611. The zero-order valence-electron chi connectivity index (χ0n) is 14.6. The molecule has 0 aromatic heterocycles. The summed E-state index contributed by atoms with van der Waals surface area (Å²) in [6.45, 7) is 2.83. The largest absolute Gasteiger partial charge is 0.282 e. The number of nitriles is 1. The summed E-state index contributed by atoms with van der Waals surface area (Å²) in [5, 5.41) is 8.88. The summed E-state index contributed by atoms with van der Waals surface area (Å²) in [6.07, 6.45) is 6.09. The molecule has 1 fully saturated rings. The lowest BCUT2D eigenvalue weighted by molar-refractivity contribution is 0.260. The van der Waals surface area contributed by atoms with Crippen LogP contribution in [0.25, 0.3) is 0 Å². The monoisotopic (exact) mass is 349 g/mol. The molecular formula is C18H27N3O2S. The Labute approximate surface area is 146 Å². The van der Waals surface area contributed by atoms with Crippen LogP contribution in [0.2, 0.25) is 0 Å². The first kappa shape index (κ1) is 18.9. The standard InChI is InChI=1S/C18H27N3O2S/c1-3-13-21(15-17-11-9-16(14-19)10-12-17)24(22,23)20(2)18-7-5-4-6-8-18/h9-12,18H,3-8,13,15H2,1-2H3. The SMILES string of the molecule is CCCN(Cc1ccc(C#N)cc1)S(=O)(=O)N(C)C1CCCCC1. The zero-order valence-corrected chi connectivity index (χ0v) is 15.4. The molecule has 1 aliphatic carbocycles. The van der Waals surface area contributed by atoms with Gasteiger partial charge in [-0.1, -0.05) is 38.3 Å². The molecule has 0 N–H and O–H groups in total. The lowest BCUT2D eigenvalue weighted by atomic mass is 9.96. The Balaban J connectivity index is 2.15. The molecule has 0 unspecified atom stereocenters. The fourth-order valence-corrected chi connectivity index (χ4v) is 4.91. The van der Waals surface area contributed by atoms with E-state index in [0.717, 1.165) is 37.7 Å². The van der Waals surface area contributed by atoms with Gasteiger partial charge in [-0.25, -0.2) is 0 Å². The maximum atomic E-state index is 13.0. The molecule has 132 valence electrons. The average Bonchev–Trinajstić information content (AvgIpc) is 2.62. The summed E-state index contributed by atoms with van der Waals surface area (Å²) in [6, 6.07) is 9.33. The van der Waals surface area contributed by atoms with E-state index in [1.165, 1.54) is 6.42 Å². The highest BCUT2D eigenvalue weighted by molar-refractivity contribution is 7.86. The van der Waals surface area contributed by atoms with E-state index >= 15 is 0 Å². The number of benzene rings is 1. The second-order valence-corrected chi connectivity index (χ2v) is 8.45. The van der Waals surface area contributed by atoms with Crippen molar-refractivity contribution in [3.05, 3.63) is 35.4 Å². The van der Waals surface area contributed by atoms with Gasteiger partial charge in [-0.2, -0.15) is 22.3 Å². The van der Waals surface area contributed by atoms with Crippen molar-refractivity contribution in [2.24, 2.45) is 0 Å². The van der Waals surface area contributed by atoms with Crippen LogP contribution in [0.1, 0.15) is 56.6 Å². The summed E-state index contributed by atoms with van der Waals surface area (Å²) < 4.78 is 29.2. The van der Waals surface area contributed by atoms with Crippen LogP contribution in [-0.4, -0.2) is 36.7 Å².